The summed E-state index contributed by atoms with van der Waals surface area (Å²) in [6.07, 6.45) is 0. The second kappa shape index (κ2) is 16.9. The second-order valence-electron chi connectivity index (χ2n) is 12.3. The Kier molecular flexibility index (Phi) is 12.2. The third kappa shape index (κ3) is 8.85. The van der Waals surface area contributed by atoms with E-state index in [1.165, 1.54) is 36.4 Å². The van der Waals surface area contributed by atoms with Gasteiger partial charge in [0.25, 0.3) is 20.2 Å². The molecule has 6 aromatic rings. The van der Waals surface area contributed by atoms with Crippen molar-refractivity contribution in [3.63, 3.8) is 0 Å². The number of rotatable bonds is 16. The van der Waals surface area contributed by atoms with Gasteiger partial charge < -0.3 is 24.5 Å². The molecule has 0 saturated heterocycles. The van der Waals surface area contributed by atoms with Gasteiger partial charge in [-0.2, -0.15) is 16.8 Å². The van der Waals surface area contributed by atoms with Gasteiger partial charge in [0.05, 0.1) is 23.0 Å². The van der Waals surface area contributed by atoms with Gasteiger partial charge in [-0.3, -0.25) is 9.11 Å². The van der Waals surface area contributed by atoms with Crippen LogP contribution in [-0.2, 0) is 34.1 Å². The molecule has 11 nitrogen and oxygen atoms in total. The number of hydrogen-bond donors (Lipinski definition) is 4. The van der Waals surface area contributed by atoms with Crippen LogP contribution in [0.5, 0.6) is 0 Å². The van der Waals surface area contributed by atoms with Gasteiger partial charge in [-0.15, -0.1) is 0 Å². The van der Waals surface area contributed by atoms with E-state index in [-0.39, 0.29) is 36.9 Å². The van der Waals surface area contributed by atoms with Crippen molar-refractivity contribution in [3.8, 4) is 0 Å². The molecule has 0 amide bonds. The lowest BCUT2D eigenvalue weighted by molar-refractivity contribution is 0.154. The first-order valence-corrected chi connectivity index (χ1v) is 23.3. The number of ether oxygens (including phenoxy) is 1. The molecule has 0 unspecified atom stereocenters. The Bertz CT molecular complexity index is 2310. The van der Waals surface area contributed by atoms with Crippen molar-refractivity contribution in [1.82, 2.24) is 0 Å². The Balaban J connectivity index is 1.21. The molecular formula is C40H38N2O9P2S2. The first-order chi connectivity index (χ1) is 26.3. The minimum Gasteiger partial charge on any atom is -0.382 e. The Labute approximate surface area is 320 Å². The summed E-state index contributed by atoms with van der Waals surface area (Å²) in [5, 5.41) is 8.75. The Morgan fingerprint density at radius 2 is 0.745 bits per heavy atom. The quantitative estimate of drug-likeness (QED) is 0.0588. The Morgan fingerprint density at radius 3 is 1.02 bits per heavy atom. The normalized spacial score (nSPS) is 12.3. The molecule has 6 aromatic carbocycles. The monoisotopic (exact) mass is 816 g/mol. The lowest BCUT2D eigenvalue weighted by Gasteiger charge is -2.24. The van der Waals surface area contributed by atoms with Crippen molar-refractivity contribution in [2.75, 3.05) is 36.9 Å². The Hall–Kier alpha value is -4.84. The highest BCUT2D eigenvalue weighted by Gasteiger charge is 2.34. The molecule has 55 heavy (non-hydrogen) atoms. The van der Waals surface area contributed by atoms with Crippen LogP contribution in [0.15, 0.2) is 168 Å². The van der Waals surface area contributed by atoms with Gasteiger partial charge in [-0.1, -0.05) is 121 Å². The van der Waals surface area contributed by atoms with Crippen molar-refractivity contribution in [1.29, 1.82) is 0 Å². The van der Waals surface area contributed by atoms with E-state index in [0.29, 0.717) is 32.6 Å². The zero-order valence-electron chi connectivity index (χ0n) is 29.3. The maximum atomic E-state index is 15.2. The molecule has 0 bridgehead atoms. The summed E-state index contributed by atoms with van der Waals surface area (Å²) >= 11 is 0. The first kappa shape index (κ1) is 39.8. The summed E-state index contributed by atoms with van der Waals surface area (Å²) in [4.78, 5) is -0.786. The molecule has 0 atom stereocenters. The minimum atomic E-state index is -4.62. The largest absolute Gasteiger partial charge is 0.382 e. The van der Waals surface area contributed by atoms with E-state index in [4.69, 9.17) is 4.74 Å². The van der Waals surface area contributed by atoms with Crippen LogP contribution in [0.3, 0.4) is 0 Å². The highest BCUT2D eigenvalue weighted by molar-refractivity contribution is 7.87. The number of hydrogen-bond acceptors (Lipinski definition) is 9. The highest BCUT2D eigenvalue weighted by atomic mass is 32.2. The van der Waals surface area contributed by atoms with E-state index in [1.807, 2.05) is 0 Å². The topological polar surface area (TPSA) is 176 Å². The lowest BCUT2D eigenvalue weighted by Crippen LogP contribution is -2.29. The van der Waals surface area contributed by atoms with Gasteiger partial charge in [0.15, 0.2) is 14.3 Å². The molecule has 0 heterocycles. The van der Waals surface area contributed by atoms with Crippen LogP contribution < -0.4 is 42.5 Å². The van der Waals surface area contributed by atoms with Crippen LogP contribution in [0.1, 0.15) is 0 Å². The fourth-order valence-electron chi connectivity index (χ4n) is 6.19. The van der Waals surface area contributed by atoms with Crippen LogP contribution in [0, 0.1) is 0 Å². The highest BCUT2D eigenvalue weighted by Crippen LogP contribution is 2.46. The molecule has 15 heteroatoms. The van der Waals surface area contributed by atoms with E-state index in [2.05, 4.69) is 10.6 Å². The molecule has 0 fully saturated rings. The van der Waals surface area contributed by atoms with Gasteiger partial charge >= 0.3 is 0 Å². The van der Waals surface area contributed by atoms with Gasteiger partial charge in [0.1, 0.15) is 0 Å². The van der Waals surface area contributed by atoms with Gasteiger partial charge in [0.2, 0.25) is 0 Å². The van der Waals surface area contributed by atoms with Crippen LogP contribution in [0.2, 0.25) is 0 Å². The van der Waals surface area contributed by atoms with Crippen molar-refractivity contribution in [3.05, 3.63) is 158 Å². The van der Waals surface area contributed by atoms with Gasteiger partial charge in [-0.25, -0.2) is 0 Å². The molecule has 0 aliphatic rings. The van der Waals surface area contributed by atoms with E-state index < -0.39 is 44.3 Å². The van der Waals surface area contributed by atoms with Crippen molar-refractivity contribution < 1.29 is 39.8 Å². The molecule has 6 rings (SSSR count). The maximum Gasteiger partial charge on any atom is 0.294 e. The number of nitrogens with one attached hydrogen (secondary N) is 2. The maximum absolute atomic E-state index is 15.2. The predicted molar refractivity (Wildman–Crippen MR) is 219 cm³/mol. The van der Waals surface area contributed by atoms with E-state index in [0.717, 1.165) is 0 Å². The Morgan fingerprint density at radius 1 is 0.455 bits per heavy atom. The predicted octanol–water partition coefficient (Wildman–Crippen LogP) is 5.00. The van der Waals surface area contributed by atoms with E-state index in [1.54, 1.807) is 121 Å². The van der Waals surface area contributed by atoms with Gasteiger partial charge in [-0.05, 0) is 36.4 Å². The fourth-order valence-corrected chi connectivity index (χ4v) is 13.1. The summed E-state index contributed by atoms with van der Waals surface area (Å²) < 4.78 is 105. The first-order valence-electron chi connectivity index (χ1n) is 17.1. The molecule has 0 radical (unpaired) electrons. The molecule has 0 spiro atoms. The third-order valence-corrected chi connectivity index (χ3v) is 16.7. The van der Waals surface area contributed by atoms with Gasteiger partial charge in [0, 0.05) is 56.3 Å². The van der Waals surface area contributed by atoms with E-state index in [9.17, 15) is 25.9 Å². The van der Waals surface area contributed by atoms with Crippen LogP contribution in [0.25, 0.3) is 0 Å². The molecule has 0 aliphatic carbocycles. The zero-order valence-corrected chi connectivity index (χ0v) is 32.7. The van der Waals surface area contributed by atoms with Crippen molar-refractivity contribution in [2.24, 2.45) is 0 Å². The van der Waals surface area contributed by atoms with Crippen LogP contribution >= 0.6 is 14.3 Å². The average molecular weight is 817 g/mol. The number of anilines is 2. The molecule has 0 saturated carbocycles. The second-order valence-corrected chi connectivity index (χ2v) is 20.6. The summed E-state index contributed by atoms with van der Waals surface area (Å²) in [6, 6.07) is 42.8. The zero-order chi connectivity index (χ0) is 39.1. The van der Waals surface area contributed by atoms with Crippen molar-refractivity contribution in [2.45, 2.75) is 9.79 Å². The van der Waals surface area contributed by atoms with E-state index >= 15 is 9.13 Å². The summed E-state index contributed by atoms with van der Waals surface area (Å²) in [5.41, 5.74) is 0.789. The lowest BCUT2D eigenvalue weighted by atomic mass is 10.3. The molecular weight excluding hydrogens is 779 g/mol. The van der Waals surface area contributed by atoms with Crippen molar-refractivity contribution >= 4 is 77.7 Å². The molecule has 284 valence electrons. The summed E-state index contributed by atoms with van der Waals surface area (Å²) in [7, 11) is -16.5. The number of benzene rings is 6. The standard InChI is InChI=1S/C40H38N2O9P2S2/c43-52(31-13-5-1-6-14-31,32-15-7-2-8-16-32)39-29-35(54(45,46)47)21-23-37(39)41-25-27-51-28-26-42-38-24-22-36(55(48,49)50)30-40(38)53(44,33-17-9-3-10-18-33)34-19-11-4-12-20-34/h1-24,29-30,41-42H,25-28H2,(H,45,46,47)(H,48,49,50). The molecule has 0 aromatic heterocycles. The minimum absolute atomic E-state index is 0.170. The SMILES string of the molecule is O=P(c1ccccc1)(c1ccccc1)c1cc(S(=O)(=O)O)ccc1NCCOCCNc1ccc(S(=O)(=O)O)cc1P(=O)(c1ccccc1)c1ccccc1. The molecule has 4 N–H and O–H groups in total. The summed E-state index contributed by atoms with van der Waals surface area (Å²) in [6.45, 7) is 0.799. The average Bonchev–Trinajstić information content (AvgIpc) is 3.20. The fraction of sp³-hybridized carbons (Fsp3) is 0.100. The van der Waals surface area contributed by atoms with Crippen LogP contribution in [0.4, 0.5) is 11.4 Å². The smallest absolute Gasteiger partial charge is 0.294 e. The van der Waals surface area contributed by atoms with Crippen LogP contribution in [-0.4, -0.2) is 52.2 Å². The summed E-state index contributed by atoms with van der Waals surface area (Å²) in [5.74, 6) is 0. The third-order valence-electron chi connectivity index (χ3n) is 8.82. The molecule has 0 aliphatic heterocycles.